The summed E-state index contributed by atoms with van der Waals surface area (Å²) in [6, 6.07) is 0. The molecule has 0 rings (SSSR count). The second-order valence-corrected chi connectivity index (χ2v) is 3.40. The van der Waals surface area contributed by atoms with Crippen molar-refractivity contribution >= 4 is 5.91 Å². The third-order valence-electron chi connectivity index (χ3n) is 1.79. The molecule has 0 aliphatic carbocycles. The number of rotatable bonds is 6. The van der Waals surface area contributed by atoms with Gasteiger partial charge in [0.1, 0.15) is 0 Å². The van der Waals surface area contributed by atoms with Crippen LogP contribution in [0.15, 0.2) is 36.5 Å². The molecule has 0 saturated carbocycles. The molecule has 0 aromatic rings. The van der Waals surface area contributed by atoms with Gasteiger partial charge >= 0.3 is 0 Å². The fourth-order valence-corrected chi connectivity index (χ4v) is 0.984. The Hall–Kier alpha value is -1.31. The first kappa shape index (κ1) is 12.7. The van der Waals surface area contributed by atoms with Crippen molar-refractivity contribution in [1.29, 1.82) is 0 Å². The van der Waals surface area contributed by atoms with E-state index in [0.717, 1.165) is 18.4 Å². The molecule has 0 bridgehead atoms. The quantitative estimate of drug-likeness (QED) is 0.299. The highest BCUT2D eigenvalue weighted by Crippen LogP contribution is 1.99. The molecule has 0 aromatic carbocycles. The summed E-state index contributed by atoms with van der Waals surface area (Å²) in [6.45, 7) is 11.8. The number of nitrogens with one attached hydrogen (secondary N) is 1. The summed E-state index contributed by atoms with van der Waals surface area (Å²) in [4.78, 5) is 11.3. The highest BCUT2D eigenvalue weighted by atomic mass is 16.1. The highest BCUT2D eigenvalue weighted by molar-refractivity contribution is 5.92. The molecule has 2 nitrogen and oxygen atoms in total. The summed E-state index contributed by atoms with van der Waals surface area (Å²) in [5.41, 5.74) is 1.84. The molecule has 78 valence electrons. The normalized spacial score (nSPS) is 10.9. The molecule has 0 spiro atoms. The second-order valence-electron chi connectivity index (χ2n) is 3.40. The van der Waals surface area contributed by atoms with Crippen LogP contribution < -0.4 is 5.32 Å². The van der Waals surface area contributed by atoms with E-state index in [-0.39, 0.29) is 5.91 Å². The maximum atomic E-state index is 11.3. The maximum absolute atomic E-state index is 11.3. The van der Waals surface area contributed by atoms with Crippen LogP contribution in [0.3, 0.4) is 0 Å². The van der Waals surface area contributed by atoms with E-state index < -0.39 is 0 Å². The molecular formula is C12H19NO. The molecule has 0 saturated heterocycles. The molecule has 2 heteroatoms. The van der Waals surface area contributed by atoms with Crippen molar-refractivity contribution in [2.75, 3.05) is 6.54 Å². The first-order valence-electron chi connectivity index (χ1n) is 4.80. The lowest BCUT2D eigenvalue weighted by Crippen LogP contribution is -2.25. The molecule has 1 amide bonds. The van der Waals surface area contributed by atoms with Gasteiger partial charge in [-0.15, -0.1) is 6.58 Å². The van der Waals surface area contributed by atoms with E-state index in [0.29, 0.717) is 12.1 Å². The maximum Gasteiger partial charge on any atom is 0.246 e. The summed E-state index contributed by atoms with van der Waals surface area (Å²) in [6.07, 6.45) is 5.23. The summed E-state index contributed by atoms with van der Waals surface area (Å²) < 4.78 is 0. The third kappa shape index (κ3) is 6.23. The van der Waals surface area contributed by atoms with Gasteiger partial charge in [0, 0.05) is 12.1 Å². The van der Waals surface area contributed by atoms with Gasteiger partial charge in [-0.1, -0.05) is 24.3 Å². The van der Waals surface area contributed by atoms with Crippen LogP contribution >= 0.6 is 0 Å². The fraction of sp³-hybridized carbons (Fsp3) is 0.417. The Morgan fingerprint density at radius 3 is 2.57 bits per heavy atom. The lowest BCUT2D eigenvalue weighted by molar-refractivity contribution is -0.117. The number of hydrogen-bond acceptors (Lipinski definition) is 1. The molecule has 0 fully saturated rings. The molecule has 0 atom stereocenters. The number of allylic oxidation sites excluding steroid dienone is 3. The topological polar surface area (TPSA) is 29.1 Å². The van der Waals surface area contributed by atoms with E-state index in [1.54, 1.807) is 19.1 Å². The minimum atomic E-state index is -0.0217. The van der Waals surface area contributed by atoms with Gasteiger partial charge in [0.15, 0.2) is 0 Å². The number of carbonyl (C=O) groups excluding carboxylic acids is 1. The van der Waals surface area contributed by atoms with Gasteiger partial charge in [-0.25, -0.2) is 0 Å². The molecule has 0 unspecified atom stereocenters. The standard InChI is InChI=1S/C12H19NO/c1-5-7-11(4)12(14)13-9-6-8-10(2)3/h5,7H,1-2,6,8-9H2,3-4H3,(H,13,14)/b11-7+. The van der Waals surface area contributed by atoms with Crippen LogP contribution in [0.1, 0.15) is 26.7 Å². The Kier molecular flexibility index (Phi) is 6.46. The molecule has 0 aliphatic rings. The summed E-state index contributed by atoms with van der Waals surface area (Å²) in [5.74, 6) is -0.0217. The van der Waals surface area contributed by atoms with Crippen LogP contribution in [0.4, 0.5) is 0 Å². The fourth-order valence-electron chi connectivity index (χ4n) is 0.984. The zero-order valence-corrected chi connectivity index (χ0v) is 9.10. The first-order chi connectivity index (χ1) is 6.57. The van der Waals surface area contributed by atoms with Crippen LogP contribution in [-0.4, -0.2) is 12.5 Å². The predicted octanol–water partition coefficient (Wildman–Crippen LogP) is 2.59. The van der Waals surface area contributed by atoms with Crippen molar-refractivity contribution in [1.82, 2.24) is 5.32 Å². The van der Waals surface area contributed by atoms with Crippen molar-refractivity contribution in [3.8, 4) is 0 Å². The summed E-state index contributed by atoms with van der Waals surface area (Å²) in [7, 11) is 0. The van der Waals surface area contributed by atoms with Gasteiger partial charge in [-0.3, -0.25) is 4.79 Å². The molecule has 0 aromatic heterocycles. The van der Waals surface area contributed by atoms with Crippen molar-refractivity contribution in [2.24, 2.45) is 0 Å². The summed E-state index contributed by atoms with van der Waals surface area (Å²) in [5, 5.41) is 2.83. The van der Waals surface area contributed by atoms with Crippen LogP contribution in [0.25, 0.3) is 0 Å². The lowest BCUT2D eigenvalue weighted by Gasteiger charge is -2.04. The monoisotopic (exact) mass is 193 g/mol. The van der Waals surface area contributed by atoms with E-state index in [1.165, 1.54) is 0 Å². The lowest BCUT2D eigenvalue weighted by atomic mass is 10.2. The Morgan fingerprint density at radius 1 is 1.43 bits per heavy atom. The van der Waals surface area contributed by atoms with Crippen molar-refractivity contribution < 1.29 is 4.79 Å². The van der Waals surface area contributed by atoms with E-state index in [1.807, 2.05) is 6.92 Å². The second kappa shape index (κ2) is 7.13. The molecular weight excluding hydrogens is 174 g/mol. The third-order valence-corrected chi connectivity index (χ3v) is 1.79. The number of hydrogen-bond donors (Lipinski definition) is 1. The van der Waals surface area contributed by atoms with E-state index in [9.17, 15) is 4.79 Å². The number of amides is 1. The number of carbonyl (C=O) groups is 1. The minimum Gasteiger partial charge on any atom is -0.352 e. The SMILES string of the molecule is C=C/C=C(\C)C(=O)NCCCC(=C)C. The first-order valence-corrected chi connectivity index (χ1v) is 4.80. The summed E-state index contributed by atoms with van der Waals surface area (Å²) >= 11 is 0. The van der Waals surface area contributed by atoms with Crippen molar-refractivity contribution in [2.45, 2.75) is 26.7 Å². The molecule has 0 aliphatic heterocycles. The van der Waals surface area contributed by atoms with Gasteiger partial charge in [-0.05, 0) is 26.7 Å². The Balaban J connectivity index is 3.69. The largest absolute Gasteiger partial charge is 0.352 e. The van der Waals surface area contributed by atoms with E-state index in [4.69, 9.17) is 0 Å². The molecule has 14 heavy (non-hydrogen) atoms. The average Bonchev–Trinajstić information content (AvgIpc) is 2.12. The molecule has 1 N–H and O–H groups in total. The van der Waals surface area contributed by atoms with Crippen molar-refractivity contribution in [3.05, 3.63) is 36.5 Å². The van der Waals surface area contributed by atoms with Crippen LogP contribution in [0.5, 0.6) is 0 Å². The Morgan fingerprint density at radius 2 is 2.07 bits per heavy atom. The smallest absolute Gasteiger partial charge is 0.246 e. The van der Waals surface area contributed by atoms with Crippen molar-refractivity contribution in [3.63, 3.8) is 0 Å². The highest BCUT2D eigenvalue weighted by Gasteiger charge is 2.00. The van der Waals surface area contributed by atoms with E-state index >= 15 is 0 Å². The van der Waals surface area contributed by atoms with Crippen LogP contribution in [-0.2, 0) is 4.79 Å². The van der Waals surface area contributed by atoms with Gasteiger partial charge in [0.2, 0.25) is 5.91 Å². The van der Waals surface area contributed by atoms with Gasteiger partial charge in [0.05, 0.1) is 0 Å². The van der Waals surface area contributed by atoms with E-state index in [2.05, 4.69) is 18.5 Å². The average molecular weight is 193 g/mol. The van der Waals surface area contributed by atoms with Gasteiger partial charge < -0.3 is 5.32 Å². The zero-order chi connectivity index (χ0) is 11.0. The Bertz CT molecular complexity index is 251. The molecule has 0 radical (unpaired) electrons. The van der Waals surface area contributed by atoms with Crippen LogP contribution in [0, 0.1) is 0 Å². The zero-order valence-electron chi connectivity index (χ0n) is 9.10. The minimum absolute atomic E-state index is 0.0217. The van der Waals surface area contributed by atoms with Gasteiger partial charge in [0.25, 0.3) is 0 Å². The van der Waals surface area contributed by atoms with Gasteiger partial charge in [-0.2, -0.15) is 0 Å². The molecule has 0 heterocycles. The Labute approximate surface area is 86.4 Å². The predicted molar refractivity (Wildman–Crippen MR) is 61.0 cm³/mol. The van der Waals surface area contributed by atoms with Crippen LogP contribution in [0.2, 0.25) is 0 Å².